The van der Waals surface area contributed by atoms with Crippen LogP contribution in [-0.4, -0.2) is 83.1 Å². The van der Waals surface area contributed by atoms with Gasteiger partial charge in [-0.05, 0) is 62.9 Å². The number of hydrogen-bond donors (Lipinski definition) is 1. The van der Waals surface area contributed by atoms with E-state index in [1.165, 1.54) is 26.0 Å². The number of ether oxygens (including phenoxy) is 1. The molecular weight excluding hydrogens is 653 g/mol. The number of nitrogens with one attached hydrogen (secondary N) is 1. The van der Waals surface area contributed by atoms with Crippen molar-refractivity contribution in [3.05, 3.63) is 79.8 Å². The van der Waals surface area contributed by atoms with E-state index >= 15 is 0 Å². The van der Waals surface area contributed by atoms with Crippen molar-refractivity contribution < 1.29 is 27.1 Å². The van der Waals surface area contributed by atoms with E-state index in [4.69, 9.17) is 16.3 Å². The van der Waals surface area contributed by atoms with Gasteiger partial charge in [0.1, 0.15) is 18.1 Å². The van der Waals surface area contributed by atoms with Gasteiger partial charge in [0.2, 0.25) is 5.91 Å². The molecule has 15 heteroatoms. The molecule has 0 aliphatic carbocycles. The molecule has 0 unspecified atom stereocenters. The van der Waals surface area contributed by atoms with Gasteiger partial charge in [-0.25, -0.2) is 22.4 Å². The van der Waals surface area contributed by atoms with E-state index in [9.17, 15) is 32.0 Å². The smallest absolute Gasteiger partial charge is 0.331 e. The lowest BCUT2D eigenvalue weighted by Crippen LogP contribution is -2.51. The van der Waals surface area contributed by atoms with E-state index < -0.39 is 50.6 Å². The van der Waals surface area contributed by atoms with E-state index in [1.54, 1.807) is 23.0 Å². The standard InChI is InChI=1S/C32H37ClFN5O7S/c1-32(2,47(4,44)45)19-39-29(41)24(23-6-5-7-25(34)28(23)33)17-37(31(39)43)18-27(40)36-13-11-21(12-14-36)38-15-10-20-16-22(46-3)8-9-26(20)35-30(38)42/h5-9,16-17,21H,10-15,18-19H2,1-4H3,(H,35,42). The maximum Gasteiger partial charge on any atom is 0.331 e. The van der Waals surface area contributed by atoms with Crippen LogP contribution in [0.4, 0.5) is 14.9 Å². The number of aromatic nitrogens is 2. The molecule has 1 saturated heterocycles. The quantitative estimate of drug-likeness (QED) is 0.383. The third-order valence-electron chi connectivity index (χ3n) is 9.02. The molecule has 1 fully saturated rings. The summed E-state index contributed by atoms with van der Waals surface area (Å²) >= 11 is 6.20. The number of carbonyl (C=O) groups excluding carboxylic acids is 2. The highest BCUT2D eigenvalue weighted by Gasteiger charge is 2.34. The first-order valence-corrected chi connectivity index (χ1v) is 17.4. The van der Waals surface area contributed by atoms with Crippen molar-refractivity contribution in [1.29, 1.82) is 0 Å². The number of carbonyl (C=O) groups is 2. The molecule has 0 radical (unpaired) electrons. The van der Waals surface area contributed by atoms with Crippen molar-refractivity contribution in [3.63, 3.8) is 0 Å². The maximum absolute atomic E-state index is 14.4. The summed E-state index contributed by atoms with van der Waals surface area (Å²) in [5, 5.41) is 2.62. The number of urea groups is 1. The number of rotatable bonds is 8. The van der Waals surface area contributed by atoms with Gasteiger partial charge in [0.05, 0.1) is 22.4 Å². The summed E-state index contributed by atoms with van der Waals surface area (Å²) in [5.41, 5.74) is -0.199. The fourth-order valence-electron chi connectivity index (χ4n) is 5.88. The molecule has 3 aromatic rings. The van der Waals surface area contributed by atoms with Crippen molar-refractivity contribution in [3.8, 4) is 16.9 Å². The van der Waals surface area contributed by atoms with Crippen molar-refractivity contribution in [1.82, 2.24) is 18.9 Å². The SMILES string of the molecule is COc1ccc2c(c1)CCN(C1CCN(C(=O)Cn3cc(-c4cccc(F)c4Cl)c(=O)n(CC(C)(C)S(C)(=O)=O)c3=O)CC1)C(=O)N2. The highest BCUT2D eigenvalue weighted by molar-refractivity contribution is 7.92. The molecule has 1 N–H and O–H groups in total. The summed E-state index contributed by atoms with van der Waals surface area (Å²) < 4.78 is 44.9. The highest BCUT2D eigenvalue weighted by Crippen LogP contribution is 2.29. The zero-order valence-corrected chi connectivity index (χ0v) is 28.2. The number of benzene rings is 2. The molecule has 0 saturated carbocycles. The normalized spacial score (nSPS) is 16.0. The van der Waals surface area contributed by atoms with Gasteiger partial charge in [0.15, 0.2) is 9.84 Å². The zero-order chi connectivity index (χ0) is 34.3. The zero-order valence-electron chi connectivity index (χ0n) is 26.6. The Labute approximate surface area is 276 Å². The molecule has 12 nitrogen and oxygen atoms in total. The van der Waals surface area contributed by atoms with E-state index in [0.717, 1.165) is 38.9 Å². The lowest BCUT2D eigenvalue weighted by Gasteiger charge is -2.38. The molecule has 252 valence electrons. The number of halogens is 2. The minimum absolute atomic E-state index is 0.000845. The maximum atomic E-state index is 14.4. The van der Waals surface area contributed by atoms with Crippen LogP contribution in [0.25, 0.3) is 11.1 Å². The number of amides is 3. The Balaban J connectivity index is 1.36. The average Bonchev–Trinajstić information content (AvgIpc) is 3.19. The molecule has 3 amide bonds. The number of piperidine rings is 1. The van der Waals surface area contributed by atoms with Gasteiger partial charge < -0.3 is 19.9 Å². The fraction of sp³-hybridized carbons (Fsp3) is 0.438. The van der Waals surface area contributed by atoms with Crippen molar-refractivity contribution in [2.24, 2.45) is 0 Å². The molecule has 5 rings (SSSR count). The molecule has 2 aromatic carbocycles. The van der Waals surface area contributed by atoms with Crippen LogP contribution in [0.3, 0.4) is 0 Å². The van der Waals surface area contributed by atoms with Gasteiger partial charge in [0.25, 0.3) is 5.56 Å². The van der Waals surface area contributed by atoms with Gasteiger partial charge in [-0.1, -0.05) is 23.7 Å². The third-order valence-corrected chi connectivity index (χ3v) is 11.5. The summed E-state index contributed by atoms with van der Waals surface area (Å²) in [4.78, 5) is 57.2. The van der Waals surface area contributed by atoms with E-state index in [1.807, 2.05) is 12.1 Å². The third kappa shape index (κ3) is 6.93. The number of methoxy groups -OCH3 is 1. The van der Waals surface area contributed by atoms with Crippen molar-refractivity contribution >= 4 is 39.1 Å². The van der Waals surface area contributed by atoms with Crippen LogP contribution in [-0.2, 0) is 34.1 Å². The molecule has 2 aliphatic rings. The lowest BCUT2D eigenvalue weighted by atomic mass is 10.0. The second-order valence-electron chi connectivity index (χ2n) is 12.5. The molecular formula is C32H37ClFN5O7S. The largest absolute Gasteiger partial charge is 0.497 e. The summed E-state index contributed by atoms with van der Waals surface area (Å²) in [5.74, 6) is -0.489. The summed E-state index contributed by atoms with van der Waals surface area (Å²) in [6.07, 6.45) is 3.83. The fourth-order valence-corrected chi connectivity index (χ4v) is 6.47. The molecule has 1 aromatic heterocycles. The van der Waals surface area contributed by atoms with Gasteiger partial charge >= 0.3 is 11.7 Å². The first-order chi connectivity index (χ1) is 22.1. The Morgan fingerprint density at radius 2 is 1.79 bits per heavy atom. The molecule has 0 bridgehead atoms. The number of likely N-dealkylation sites (tertiary alicyclic amines) is 1. The van der Waals surface area contributed by atoms with E-state index in [-0.39, 0.29) is 28.2 Å². The molecule has 47 heavy (non-hydrogen) atoms. The number of fused-ring (bicyclic) bond motifs is 1. The minimum atomic E-state index is -3.73. The Morgan fingerprint density at radius 3 is 2.45 bits per heavy atom. The summed E-state index contributed by atoms with van der Waals surface area (Å²) in [6.45, 7) is 2.96. The lowest BCUT2D eigenvalue weighted by molar-refractivity contribution is -0.133. The van der Waals surface area contributed by atoms with Crippen LogP contribution < -0.4 is 21.3 Å². The van der Waals surface area contributed by atoms with Crippen LogP contribution in [0.5, 0.6) is 5.75 Å². The molecule has 3 heterocycles. The van der Waals surface area contributed by atoms with E-state index in [2.05, 4.69) is 5.32 Å². The number of sulfone groups is 1. The molecule has 0 spiro atoms. The topological polar surface area (TPSA) is 140 Å². The van der Waals surface area contributed by atoms with Gasteiger partial charge in [-0.3, -0.25) is 18.7 Å². The predicted octanol–water partition coefficient (Wildman–Crippen LogP) is 3.38. The van der Waals surface area contributed by atoms with Gasteiger partial charge in [-0.15, -0.1) is 0 Å². The van der Waals surface area contributed by atoms with Crippen molar-refractivity contribution in [2.45, 2.75) is 57.0 Å². The summed E-state index contributed by atoms with van der Waals surface area (Å²) in [7, 11) is -2.14. The van der Waals surface area contributed by atoms with E-state index in [0.29, 0.717) is 44.6 Å². The molecule has 2 aliphatic heterocycles. The number of nitrogens with zero attached hydrogens (tertiary/aromatic N) is 4. The van der Waals surface area contributed by atoms with Crippen LogP contribution in [0.15, 0.2) is 52.2 Å². The average molecular weight is 690 g/mol. The number of hydrogen-bond acceptors (Lipinski definition) is 7. The Kier molecular flexibility index (Phi) is 9.56. The highest BCUT2D eigenvalue weighted by atomic mass is 35.5. The van der Waals surface area contributed by atoms with Crippen LogP contribution in [0, 0.1) is 5.82 Å². The minimum Gasteiger partial charge on any atom is -0.497 e. The summed E-state index contributed by atoms with van der Waals surface area (Å²) in [6, 6.07) is 9.06. The van der Waals surface area contributed by atoms with Crippen LogP contribution in [0.1, 0.15) is 32.3 Å². The number of anilines is 1. The first kappa shape index (κ1) is 34.2. The van der Waals surface area contributed by atoms with Gasteiger partial charge in [0, 0.05) is 55.9 Å². The van der Waals surface area contributed by atoms with Crippen LogP contribution >= 0.6 is 11.6 Å². The Morgan fingerprint density at radius 1 is 1.09 bits per heavy atom. The molecule has 0 atom stereocenters. The van der Waals surface area contributed by atoms with Crippen LogP contribution in [0.2, 0.25) is 5.02 Å². The first-order valence-electron chi connectivity index (χ1n) is 15.1. The Bertz CT molecular complexity index is 1950. The second kappa shape index (κ2) is 13.1. The predicted molar refractivity (Wildman–Crippen MR) is 176 cm³/mol. The second-order valence-corrected chi connectivity index (χ2v) is 15.5. The van der Waals surface area contributed by atoms with Crippen molar-refractivity contribution in [2.75, 3.05) is 38.3 Å². The monoisotopic (exact) mass is 689 g/mol. The van der Waals surface area contributed by atoms with Gasteiger partial charge in [-0.2, -0.15) is 0 Å². The Hall–Kier alpha value is -4.17.